The summed E-state index contributed by atoms with van der Waals surface area (Å²) in [6.45, 7) is 0. The predicted molar refractivity (Wildman–Crippen MR) is 98.5 cm³/mol. The first-order chi connectivity index (χ1) is 12.1. The zero-order chi connectivity index (χ0) is 17.8. The Labute approximate surface area is 152 Å². The molecular weight excluding hydrogens is 340 g/mol. The monoisotopic (exact) mass is 360 g/mol. The maximum absolute atomic E-state index is 12.7. The Bertz CT molecular complexity index is 748. The first-order valence-corrected chi connectivity index (χ1v) is 8.53. The van der Waals surface area contributed by atoms with E-state index in [0.29, 0.717) is 22.2 Å². The van der Waals surface area contributed by atoms with Gasteiger partial charge in [0.2, 0.25) is 5.91 Å². The average Bonchev–Trinajstić information content (AvgIpc) is 3.44. The topological polar surface area (TPSA) is 59.6 Å². The number of methoxy groups -OCH3 is 2. The van der Waals surface area contributed by atoms with Crippen LogP contribution in [0.25, 0.3) is 0 Å². The van der Waals surface area contributed by atoms with Crippen molar-refractivity contribution in [3.63, 3.8) is 0 Å². The third-order valence-electron chi connectivity index (χ3n) is 4.09. The van der Waals surface area contributed by atoms with Crippen molar-refractivity contribution < 1.29 is 14.3 Å². The fourth-order valence-corrected chi connectivity index (χ4v) is 2.83. The van der Waals surface area contributed by atoms with E-state index in [0.717, 1.165) is 18.4 Å². The highest BCUT2D eigenvalue weighted by Gasteiger charge is 2.29. The molecule has 3 rings (SSSR count). The molecule has 0 radical (unpaired) electrons. The summed E-state index contributed by atoms with van der Waals surface area (Å²) in [7, 11) is 3.11. The molecule has 6 heteroatoms. The highest BCUT2D eigenvalue weighted by Crippen LogP contribution is 2.37. The van der Waals surface area contributed by atoms with Crippen LogP contribution in [0.5, 0.6) is 11.5 Å². The lowest BCUT2D eigenvalue weighted by molar-refractivity contribution is -0.122. The third-order valence-corrected chi connectivity index (χ3v) is 4.39. The molecule has 1 aliphatic carbocycles. The van der Waals surface area contributed by atoms with Crippen molar-refractivity contribution >= 4 is 23.2 Å². The number of carbonyl (C=O) groups is 1. The van der Waals surface area contributed by atoms with Gasteiger partial charge in [-0.25, -0.2) is 0 Å². The maximum atomic E-state index is 12.7. The number of halogens is 1. The number of rotatable bonds is 7. The van der Waals surface area contributed by atoms with Gasteiger partial charge in [0.1, 0.15) is 17.5 Å². The van der Waals surface area contributed by atoms with E-state index in [2.05, 4.69) is 10.6 Å². The molecule has 1 atom stereocenters. The Kier molecular flexibility index (Phi) is 5.34. The summed E-state index contributed by atoms with van der Waals surface area (Å²) in [4.78, 5) is 12.7. The summed E-state index contributed by atoms with van der Waals surface area (Å²) < 4.78 is 10.6. The Morgan fingerprint density at radius 3 is 2.40 bits per heavy atom. The van der Waals surface area contributed by atoms with Crippen LogP contribution in [-0.4, -0.2) is 26.2 Å². The molecule has 0 aromatic heterocycles. The van der Waals surface area contributed by atoms with E-state index in [4.69, 9.17) is 21.1 Å². The second-order valence-corrected chi connectivity index (χ2v) is 6.37. The number of carbonyl (C=O) groups excluding carboxylic acids is 1. The standard InChI is InChI=1S/C19H21ClN2O3/c1-24-16-11-17(25-2)15(10-14(16)20)22-18(12-6-4-3-5-7-12)19(23)21-13-8-9-13/h3-7,10-11,13,18,22H,8-9H2,1-2H3,(H,21,23). The number of hydrogen-bond acceptors (Lipinski definition) is 4. The molecule has 5 nitrogen and oxygen atoms in total. The van der Waals surface area contributed by atoms with Crippen molar-refractivity contribution in [3.8, 4) is 11.5 Å². The number of benzene rings is 2. The van der Waals surface area contributed by atoms with Crippen LogP contribution >= 0.6 is 11.6 Å². The Balaban J connectivity index is 1.91. The molecule has 0 heterocycles. The second-order valence-electron chi connectivity index (χ2n) is 5.96. The fraction of sp³-hybridized carbons (Fsp3) is 0.316. The highest BCUT2D eigenvalue weighted by molar-refractivity contribution is 6.32. The second kappa shape index (κ2) is 7.66. The summed E-state index contributed by atoms with van der Waals surface area (Å²) in [5.74, 6) is 1.01. The van der Waals surface area contributed by atoms with Crippen molar-refractivity contribution in [2.75, 3.05) is 19.5 Å². The minimum atomic E-state index is -0.542. The van der Waals surface area contributed by atoms with Crippen LogP contribution in [0.2, 0.25) is 5.02 Å². The van der Waals surface area contributed by atoms with E-state index in [9.17, 15) is 4.79 Å². The van der Waals surface area contributed by atoms with Gasteiger partial charge in [-0.2, -0.15) is 0 Å². The summed E-state index contributed by atoms with van der Waals surface area (Å²) in [5.41, 5.74) is 1.50. The van der Waals surface area contributed by atoms with Crippen molar-refractivity contribution in [2.45, 2.75) is 24.9 Å². The van der Waals surface area contributed by atoms with Gasteiger partial charge in [-0.15, -0.1) is 0 Å². The summed E-state index contributed by atoms with van der Waals surface area (Å²) in [6, 6.07) is 12.7. The van der Waals surface area contributed by atoms with Gasteiger partial charge in [0, 0.05) is 12.1 Å². The van der Waals surface area contributed by atoms with Crippen molar-refractivity contribution in [3.05, 3.63) is 53.1 Å². The molecule has 0 aliphatic heterocycles. The molecule has 2 aromatic carbocycles. The van der Waals surface area contributed by atoms with Crippen LogP contribution in [0, 0.1) is 0 Å². The third kappa shape index (κ3) is 4.17. The molecule has 1 aliphatic rings. The van der Waals surface area contributed by atoms with Gasteiger partial charge in [0.25, 0.3) is 0 Å². The number of amides is 1. The zero-order valence-electron chi connectivity index (χ0n) is 14.2. The lowest BCUT2D eigenvalue weighted by Gasteiger charge is -2.22. The first kappa shape index (κ1) is 17.4. The molecule has 0 saturated heterocycles. The highest BCUT2D eigenvalue weighted by atomic mass is 35.5. The predicted octanol–water partition coefficient (Wildman–Crippen LogP) is 3.79. The minimum absolute atomic E-state index is 0.0670. The molecule has 1 unspecified atom stereocenters. The Morgan fingerprint density at radius 2 is 1.80 bits per heavy atom. The van der Waals surface area contributed by atoms with Gasteiger partial charge in [0.15, 0.2) is 0 Å². The van der Waals surface area contributed by atoms with Gasteiger partial charge in [0.05, 0.1) is 24.9 Å². The lowest BCUT2D eigenvalue weighted by Crippen LogP contribution is -2.34. The van der Waals surface area contributed by atoms with Crippen molar-refractivity contribution in [2.24, 2.45) is 0 Å². The van der Waals surface area contributed by atoms with Crippen molar-refractivity contribution in [1.82, 2.24) is 5.32 Å². The normalized spacial score (nSPS) is 14.5. The van der Waals surface area contributed by atoms with Gasteiger partial charge >= 0.3 is 0 Å². The molecule has 1 saturated carbocycles. The van der Waals surface area contributed by atoms with E-state index in [-0.39, 0.29) is 11.9 Å². The van der Waals surface area contributed by atoms with Gasteiger partial charge < -0.3 is 20.1 Å². The number of anilines is 1. The van der Waals surface area contributed by atoms with E-state index in [1.807, 2.05) is 30.3 Å². The molecule has 1 amide bonds. The number of ether oxygens (including phenoxy) is 2. The SMILES string of the molecule is COc1cc(OC)c(NC(C(=O)NC2CC2)c2ccccc2)cc1Cl. The molecule has 2 aromatic rings. The van der Waals surface area contributed by atoms with Crippen molar-refractivity contribution in [1.29, 1.82) is 0 Å². The molecule has 0 bridgehead atoms. The van der Waals surface area contributed by atoms with Crippen LogP contribution in [0.1, 0.15) is 24.4 Å². The average molecular weight is 361 g/mol. The Morgan fingerprint density at radius 1 is 1.12 bits per heavy atom. The maximum Gasteiger partial charge on any atom is 0.247 e. The van der Waals surface area contributed by atoms with Crippen LogP contribution < -0.4 is 20.1 Å². The zero-order valence-corrected chi connectivity index (χ0v) is 15.0. The number of nitrogens with one attached hydrogen (secondary N) is 2. The quantitative estimate of drug-likeness (QED) is 0.788. The van der Waals surface area contributed by atoms with E-state index >= 15 is 0 Å². The molecule has 132 valence electrons. The van der Waals surface area contributed by atoms with Crippen LogP contribution in [-0.2, 0) is 4.79 Å². The molecule has 2 N–H and O–H groups in total. The molecule has 25 heavy (non-hydrogen) atoms. The molecule has 1 fully saturated rings. The van der Waals surface area contributed by atoms with E-state index in [1.54, 1.807) is 26.4 Å². The first-order valence-electron chi connectivity index (χ1n) is 8.15. The van der Waals surface area contributed by atoms with E-state index in [1.165, 1.54) is 0 Å². The molecular formula is C19H21ClN2O3. The summed E-state index contributed by atoms with van der Waals surface area (Å²) >= 11 is 6.24. The van der Waals surface area contributed by atoms with Gasteiger partial charge in [-0.05, 0) is 24.5 Å². The smallest absolute Gasteiger partial charge is 0.247 e. The largest absolute Gasteiger partial charge is 0.495 e. The van der Waals surface area contributed by atoms with Crippen LogP contribution in [0.3, 0.4) is 0 Å². The van der Waals surface area contributed by atoms with Gasteiger partial charge in [-0.1, -0.05) is 41.9 Å². The Hall–Kier alpha value is -2.40. The summed E-state index contributed by atoms with van der Waals surface area (Å²) in [6.07, 6.45) is 2.07. The fourth-order valence-electron chi connectivity index (χ4n) is 2.59. The van der Waals surface area contributed by atoms with Gasteiger partial charge in [-0.3, -0.25) is 4.79 Å². The number of hydrogen-bond donors (Lipinski definition) is 2. The van der Waals surface area contributed by atoms with Crippen LogP contribution in [0.15, 0.2) is 42.5 Å². The van der Waals surface area contributed by atoms with Crippen LogP contribution in [0.4, 0.5) is 5.69 Å². The lowest BCUT2D eigenvalue weighted by atomic mass is 10.1. The summed E-state index contributed by atoms with van der Waals surface area (Å²) in [5, 5.41) is 6.75. The molecule has 0 spiro atoms. The minimum Gasteiger partial charge on any atom is -0.495 e. The van der Waals surface area contributed by atoms with E-state index < -0.39 is 6.04 Å².